The summed E-state index contributed by atoms with van der Waals surface area (Å²) in [5, 5.41) is 1.12. The van der Waals surface area contributed by atoms with Crippen molar-refractivity contribution in [1.82, 2.24) is 9.88 Å². The topological polar surface area (TPSA) is 51.7 Å². The van der Waals surface area contributed by atoms with Gasteiger partial charge < -0.3 is 14.4 Å². The number of carbonyl (C=O) groups is 1. The zero-order valence-electron chi connectivity index (χ0n) is 12.7. The number of aromatic nitrogens is 1. The maximum Gasteiger partial charge on any atom is 0.292 e. The number of thiazole rings is 1. The van der Waals surface area contributed by atoms with Gasteiger partial charge in [-0.3, -0.25) is 4.79 Å². The number of piperidine rings is 1. The standard InChI is InChI=1S/C17H18N2O3S/c20-17(14-11-21-8-9-22-14)19-7-3-4-12(10-19)16-18-13-5-1-2-6-15(13)23-16/h1-2,5-6,11-12H,3-4,7-10H2/t12-/m0/s1. The molecule has 2 aromatic rings. The minimum atomic E-state index is -0.0736. The van der Waals surface area contributed by atoms with Crippen LogP contribution >= 0.6 is 11.3 Å². The van der Waals surface area contributed by atoms with Crippen LogP contribution in [0.25, 0.3) is 10.2 Å². The molecule has 1 saturated heterocycles. The smallest absolute Gasteiger partial charge is 0.292 e. The van der Waals surface area contributed by atoms with Crippen LogP contribution in [-0.4, -0.2) is 42.1 Å². The van der Waals surface area contributed by atoms with Crippen molar-refractivity contribution in [3.63, 3.8) is 0 Å². The number of hydrogen-bond acceptors (Lipinski definition) is 5. The largest absolute Gasteiger partial charge is 0.494 e. The van der Waals surface area contributed by atoms with Crippen LogP contribution in [0, 0.1) is 0 Å². The van der Waals surface area contributed by atoms with Gasteiger partial charge in [-0.05, 0) is 25.0 Å². The molecule has 1 fully saturated rings. The highest BCUT2D eigenvalue weighted by atomic mass is 32.1. The molecule has 2 aliphatic heterocycles. The van der Waals surface area contributed by atoms with Crippen molar-refractivity contribution in [2.24, 2.45) is 0 Å². The first-order chi connectivity index (χ1) is 11.3. The van der Waals surface area contributed by atoms with Crippen molar-refractivity contribution in [1.29, 1.82) is 0 Å². The summed E-state index contributed by atoms with van der Waals surface area (Å²) in [4.78, 5) is 19.2. The maximum atomic E-state index is 12.5. The number of fused-ring (bicyclic) bond motifs is 1. The van der Waals surface area contributed by atoms with Crippen molar-refractivity contribution >= 4 is 27.5 Å². The Kier molecular flexibility index (Phi) is 3.91. The second-order valence-electron chi connectivity index (χ2n) is 5.81. The Bertz CT molecular complexity index is 722. The Balaban J connectivity index is 1.52. The summed E-state index contributed by atoms with van der Waals surface area (Å²) in [6.07, 6.45) is 3.49. The Morgan fingerprint density at radius 3 is 3.04 bits per heavy atom. The molecule has 0 radical (unpaired) electrons. The van der Waals surface area contributed by atoms with Crippen LogP contribution in [0.1, 0.15) is 23.8 Å². The average Bonchev–Trinajstić information content (AvgIpc) is 3.06. The second-order valence-corrected chi connectivity index (χ2v) is 6.87. The SMILES string of the molecule is O=C(C1=COCCO1)N1CCC[C@H](c2nc3ccccc3s2)C1. The summed E-state index contributed by atoms with van der Waals surface area (Å²) in [7, 11) is 0. The van der Waals surface area contributed by atoms with Gasteiger partial charge in [0.25, 0.3) is 5.91 Å². The zero-order valence-corrected chi connectivity index (χ0v) is 13.6. The van der Waals surface area contributed by atoms with Crippen LogP contribution in [-0.2, 0) is 14.3 Å². The van der Waals surface area contributed by atoms with E-state index in [4.69, 9.17) is 14.5 Å². The molecule has 0 saturated carbocycles. The molecule has 0 aliphatic carbocycles. The quantitative estimate of drug-likeness (QED) is 0.849. The number of ether oxygens (including phenoxy) is 2. The molecule has 0 N–H and O–H groups in total. The van der Waals surface area contributed by atoms with E-state index in [-0.39, 0.29) is 5.91 Å². The highest BCUT2D eigenvalue weighted by Gasteiger charge is 2.29. The lowest BCUT2D eigenvalue weighted by molar-refractivity contribution is -0.133. The summed E-state index contributed by atoms with van der Waals surface area (Å²) in [5.41, 5.74) is 1.04. The number of likely N-dealkylation sites (tertiary alicyclic amines) is 1. The summed E-state index contributed by atoms with van der Waals surface area (Å²) >= 11 is 1.73. The number of benzene rings is 1. The molecular weight excluding hydrogens is 312 g/mol. The van der Waals surface area contributed by atoms with Gasteiger partial charge in [0.2, 0.25) is 5.76 Å². The van der Waals surface area contributed by atoms with Gasteiger partial charge in [-0.25, -0.2) is 4.98 Å². The van der Waals surface area contributed by atoms with Gasteiger partial charge in [0.1, 0.15) is 19.5 Å². The molecule has 1 amide bonds. The predicted octanol–water partition coefficient (Wildman–Crippen LogP) is 2.89. The Morgan fingerprint density at radius 2 is 2.22 bits per heavy atom. The van der Waals surface area contributed by atoms with E-state index in [1.807, 2.05) is 23.1 Å². The van der Waals surface area contributed by atoms with Crippen LogP contribution in [0.2, 0.25) is 0 Å². The third-order valence-corrected chi connectivity index (χ3v) is 5.43. The monoisotopic (exact) mass is 330 g/mol. The Morgan fingerprint density at radius 1 is 1.30 bits per heavy atom. The number of para-hydroxylation sites is 1. The number of amides is 1. The molecule has 1 aromatic heterocycles. The molecule has 0 bridgehead atoms. The van der Waals surface area contributed by atoms with E-state index >= 15 is 0 Å². The fraction of sp³-hybridized carbons (Fsp3) is 0.412. The molecule has 3 heterocycles. The van der Waals surface area contributed by atoms with Crippen LogP contribution in [0.15, 0.2) is 36.3 Å². The summed E-state index contributed by atoms with van der Waals surface area (Å²) in [6, 6.07) is 8.18. The van der Waals surface area contributed by atoms with Gasteiger partial charge >= 0.3 is 0 Å². The fourth-order valence-corrected chi connectivity index (χ4v) is 4.16. The van der Waals surface area contributed by atoms with Crippen molar-refractivity contribution in [3.8, 4) is 0 Å². The van der Waals surface area contributed by atoms with Crippen molar-refractivity contribution in [3.05, 3.63) is 41.3 Å². The van der Waals surface area contributed by atoms with Crippen LogP contribution in [0.3, 0.4) is 0 Å². The lowest BCUT2D eigenvalue weighted by Crippen LogP contribution is -2.40. The lowest BCUT2D eigenvalue weighted by Gasteiger charge is -2.32. The van der Waals surface area contributed by atoms with Gasteiger partial charge in [-0.15, -0.1) is 11.3 Å². The van der Waals surface area contributed by atoms with E-state index in [0.29, 0.717) is 31.4 Å². The van der Waals surface area contributed by atoms with E-state index in [1.54, 1.807) is 11.3 Å². The van der Waals surface area contributed by atoms with E-state index in [0.717, 1.165) is 29.9 Å². The Hall–Kier alpha value is -2.08. The van der Waals surface area contributed by atoms with Crippen LogP contribution < -0.4 is 0 Å². The molecule has 120 valence electrons. The lowest BCUT2D eigenvalue weighted by atomic mass is 9.98. The first kappa shape index (κ1) is 14.5. The molecule has 1 aromatic carbocycles. The number of hydrogen-bond donors (Lipinski definition) is 0. The fourth-order valence-electron chi connectivity index (χ4n) is 3.06. The Labute approximate surface area is 138 Å². The normalized spacial score (nSPS) is 21.5. The van der Waals surface area contributed by atoms with Gasteiger partial charge in [-0.1, -0.05) is 12.1 Å². The second kappa shape index (κ2) is 6.20. The summed E-state index contributed by atoms with van der Waals surface area (Å²) in [5.74, 6) is 0.548. The molecular formula is C17H18N2O3S. The van der Waals surface area contributed by atoms with Crippen LogP contribution in [0.5, 0.6) is 0 Å². The molecule has 1 atom stereocenters. The van der Waals surface area contributed by atoms with Crippen molar-refractivity contribution in [2.75, 3.05) is 26.3 Å². The molecule has 2 aliphatic rings. The highest BCUT2D eigenvalue weighted by Crippen LogP contribution is 2.33. The number of rotatable bonds is 2. The minimum absolute atomic E-state index is 0.0736. The van der Waals surface area contributed by atoms with Gasteiger partial charge in [0.15, 0.2) is 0 Å². The summed E-state index contributed by atoms with van der Waals surface area (Å²) < 4.78 is 11.8. The predicted molar refractivity (Wildman–Crippen MR) is 88.2 cm³/mol. The molecule has 0 spiro atoms. The molecule has 0 unspecified atom stereocenters. The van der Waals surface area contributed by atoms with E-state index < -0.39 is 0 Å². The van der Waals surface area contributed by atoms with Gasteiger partial charge in [0.05, 0.1) is 15.2 Å². The van der Waals surface area contributed by atoms with E-state index in [1.165, 1.54) is 11.0 Å². The van der Waals surface area contributed by atoms with Gasteiger partial charge in [-0.2, -0.15) is 0 Å². The first-order valence-electron chi connectivity index (χ1n) is 7.90. The van der Waals surface area contributed by atoms with Crippen molar-refractivity contribution in [2.45, 2.75) is 18.8 Å². The molecule has 5 nitrogen and oxygen atoms in total. The van der Waals surface area contributed by atoms with E-state index in [2.05, 4.69) is 6.07 Å². The van der Waals surface area contributed by atoms with E-state index in [9.17, 15) is 4.79 Å². The highest BCUT2D eigenvalue weighted by molar-refractivity contribution is 7.18. The third-order valence-electron chi connectivity index (χ3n) is 4.23. The minimum Gasteiger partial charge on any atom is -0.494 e. The number of nitrogens with zero attached hydrogens (tertiary/aromatic N) is 2. The molecule has 6 heteroatoms. The molecule has 23 heavy (non-hydrogen) atoms. The first-order valence-corrected chi connectivity index (χ1v) is 8.72. The maximum absolute atomic E-state index is 12.5. The number of carbonyl (C=O) groups excluding carboxylic acids is 1. The van der Waals surface area contributed by atoms with Crippen LogP contribution in [0.4, 0.5) is 0 Å². The van der Waals surface area contributed by atoms with Gasteiger partial charge in [0, 0.05) is 19.0 Å². The summed E-state index contributed by atoms with van der Waals surface area (Å²) in [6.45, 7) is 2.40. The average molecular weight is 330 g/mol. The molecule has 4 rings (SSSR count). The zero-order chi connectivity index (χ0) is 15.6. The third kappa shape index (κ3) is 2.91. The van der Waals surface area contributed by atoms with Crippen molar-refractivity contribution < 1.29 is 14.3 Å².